The second-order valence-corrected chi connectivity index (χ2v) is 6.66. The van der Waals surface area contributed by atoms with Crippen LogP contribution in [0.4, 0.5) is 5.69 Å². The summed E-state index contributed by atoms with van der Waals surface area (Å²) in [6.07, 6.45) is 12.9. The summed E-state index contributed by atoms with van der Waals surface area (Å²) < 4.78 is 0. The molecule has 0 bridgehead atoms. The van der Waals surface area contributed by atoms with E-state index in [1.165, 1.54) is 25.7 Å². The molecular formula is C19H30N4O. The molecule has 5 nitrogen and oxygen atoms in total. The Morgan fingerprint density at radius 2 is 2.12 bits per heavy atom. The minimum Gasteiger partial charge on any atom is -0.383 e. The van der Waals surface area contributed by atoms with Gasteiger partial charge in [-0.25, -0.2) is 0 Å². The van der Waals surface area contributed by atoms with Gasteiger partial charge in [0.05, 0.1) is 11.3 Å². The van der Waals surface area contributed by atoms with E-state index in [-0.39, 0.29) is 5.91 Å². The zero-order valence-electron chi connectivity index (χ0n) is 15.0. The number of rotatable bonds is 9. The lowest BCUT2D eigenvalue weighted by Gasteiger charge is -2.13. The van der Waals surface area contributed by atoms with Gasteiger partial charge >= 0.3 is 0 Å². The van der Waals surface area contributed by atoms with Crippen LogP contribution in [0, 0.1) is 0 Å². The van der Waals surface area contributed by atoms with Crippen LogP contribution in [0.15, 0.2) is 30.1 Å². The lowest BCUT2D eigenvalue weighted by atomic mass is 9.97. The van der Waals surface area contributed by atoms with Gasteiger partial charge in [-0.2, -0.15) is 0 Å². The smallest absolute Gasteiger partial charge is 0.252 e. The van der Waals surface area contributed by atoms with Crippen LogP contribution >= 0.6 is 0 Å². The van der Waals surface area contributed by atoms with Crippen LogP contribution < -0.4 is 10.6 Å². The molecule has 0 fully saturated rings. The van der Waals surface area contributed by atoms with E-state index in [2.05, 4.69) is 26.6 Å². The quantitative estimate of drug-likeness (QED) is 0.540. The van der Waals surface area contributed by atoms with Crippen molar-refractivity contribution >= 4 is 11.6 Å². The molecule has 1 aromatic rings. The zero-order chi connectivity index (χ0) is 17.2. The van der Waals surface area contributed by atoms with Crippen molar-refractivity contribution in [3.05, 3.63) is 35.7 Å². The molecule has 1 aliphatic carbocycles. The monoisotopic (exact) mass is 330 g/mol. The normalized spacial score (nSPS) is 14.4. The lowest BCUT2D eigenvalue weighted by molar-refractivity contribution is 0.0952. The van der Waals surface area contributed by atoms with Gasteiger partial charge in [-0.15, -0.1) is 0 Å². The van der Waals surface area contributed by atoms with Gasteiger partial charge in [0.1, 0.15) is 0 Å². The first-order valence-corrected chi connectivity index (χ1v) is 8.95. The number of nitrogens with one attached hydrogen (secondary N) is 2. The number of carbonyl (C=O) groups excluding carboxylic acids is 1. The van der Waals surface area contributed by atoms with E-state index in [1.54, 1.807) is 18.0 Å². The van der Waals surface area contributed by atoms with Gasteiger partial charge in [-0.3, -0.25) is 9.78 Å². The Kier molecular flexibility index (Phi) is 7.75. The van der Waals surface area contributed by atoms with Gasteiger partial charge in [-0.05, 0) is 65.2 Å². The van der Waals surface area contributed by atoms with E-state index in [0.717, 1.165) is 31.6 Å². The number of nitrogens with zero attached hydrogens (tertiary/aromatic N) is 2. The number of amides is 1. The molecule has 0 radical (unpaired) electrons. The van der Waals surface area contributed by atoms with Gasteiger partial charge < -0.3 is 15.5 Å². The molecule has 0 unspecified atom stereocenters. The molecule has 5 heteroatoms. The van der Waals surface area contributed by atoms with Crippen LogP contribution in [0.1, 0.15) is 48.9 Å². The predicted octanol–water partition coefficient (Wildman–Crippen LogP) is 3.07. The van der Waals surface area contributed by atoms with E-state index in [9.17, 15) is 4.79 Å². The van der Waals surface area contributed by atoms with Gasteiger partial charge in [0, 0.05) is 25.5 Å². The summed E-state index contributed by atoms with van der Waals surface area (Å²) >= 11 is 0. The molecule has 0 saturated carbocycles. The highest BCUT2D eigenvalue weighted by molar-refractivity contribution is 5.94. The molecular weight excluding hydrogens is 300 g/mol. The lowest BCUT2D eigenvalue weighted by Crippen LogP contribution is -2.27. The summed E-state index contributed by atoms with van der Waals surface area (Å²) in [5.74, 6) is -0.0557. The Morgan fingerprint density at radius 3 is 2.88 bits per heavy atom. The van der Waals surface area contributed by atoms with Crippen molar-refractivity contribution in [1.29, 1.82) is 0 Å². The van der Waals surface area contributed by atoms with Crippen LogP contribution in [0.3, 0.4) is 0 Å². The fourth-order valence-electron chi connectivity index (χ4n) is 2.86. The third-order valence-corrected chi connectivity index (χ3v) is 4.23. The fraction of sp³-hybridized carbons (Fsp3) is 0.579. The van der Waals surface area contributed by atoms with Gasteiger partial charge in [-0.1, -0.05) is 11.6 Å². The molecule has 1 heterocycles. The summed E-state index contributed by atoms with van der Waals surface area (Å²) in [6, 6.07) is 1.88. The molecule has 24 heavy (non-hydrogen) atoms. The van der Waals surface area contributed by atoms with Crippen LogP contribution in [0.2, 0.25) is 0 Å². The Morgan fingerprint density at radius 1 is 1.25 bits per heavy atom. The number of allylic oxidation sites excluding steroid dienone is 1. The van der Waals surface area contributed by atoms with E-state index in [4.69, 9.17) is 0 Å². The molecule has 0 atom stereocenters. The minimum atomic E-state index is -0.0557. The van der Waals surface area contributed by atoms with Crippen LogP contribution in [-0.2, 0) is 0 Å². The molecule has 0 saturated heterocycles. The van der Waals surface area contributed by atoms with Gasteiger partial charge in [0.2, 0.25) is 0 Å². The highest BCUT2D eigenvalue weighted by Gasteiger charge is 2.07. The highest BCUT2D eigenvalue weighted by Crippen LogP contribution is 2.20. The first-order valence-electron chi connectivity index (χ1n) is 8.95. The number of hydrogen-bond donors (Lipinski definition) is 2. The topological polar surface area (TPSA) is 57.3 Å². The van der Waals surface area contributed by atoms with E-state index in [0.29, 0.717) is 12.1 Å². The van der Waals surface area contributed by atoms with Crippen molar-refractivity contribution in [1.82, 2.24) is 15.2 Å². The van der Waals surface area contributed by atoms with Gasteiger partial charge in [0.15, 0.2) is 0 Å². The maximum atomic E-state index is 12.2. The number of carbonyl (C=O) groups is 1. The van der Waals surface area contributed by atoms with E-state index >= 15 is 0 Å². The first kappa shape index (κ1) is 18.5. The minimum absolute atomic E-state index is 0.0557. The third-order valence-electron chi connectivity index (χ3n) is 4.23. The number of aromatic nitrogens is 1. The number of hydrogen-bond acceptors (Lipinski definition) is 4. The van der Waals surface area contributed by atoms with Crippen LogP contribution in [-0.4, -0.2) is 49.5 Å². The maximum Gasteiger partial charge on any atom is 0.252 e. The standard InChI is InChI=1S/C19H30N4O/c1-23(2)12-6-10-22-19(24)17-13-18(15-20-14-17)21-11-9-16-7-4-3-5-8-16/h7,13-15,21H,3-6,8-12H2,1-2H3,(H,22,24). The Balaban J connectivity index is 1.75. The summed E-state index contributed by atoms with van der Waals surface area (Å²) in [6.45, 7) is 2.54. The molecule has 0 aromatic carbocycles. The number of anilines is 1. The molecule has 2 N–H and O–H groups in total. The van der Waals surface area contributed by atoms with E-state index in [1.807, 2.05) is 20.2 Å². The van der Waals surface area contributed by atoms with Crippen LogP contribution in [0.5, 0.6) is 0 Å². The second kappa shape index (κ2) is 10.1. The van der Waals surface area contributed by atoms with Crippen molar-refractivity contribution in [3.63, 3.8) is 0 Å². The fourth-order valence-corrected chi connectivity index (χ4v) is 2.86. The Labute approximate surface area is 145 Å². The average Bonchev–Trinajstić information content (AvgIpc) is 2.59. The Hall–Kier alpha value is -1.88. The number of pyridine rings is 1. The van der Waals surface area contributed by atoms with Crippen LogP contribution in [0.25, 0.3) is 0 Å². The maximum absolute atomic E-state index is 12.2. The van der Waals surface area contributed by atoms with E-state index < -0.39 is 0 Å². The Bertz CT molecular complexity index is 554. The molecule has 1 amide bonds. The summed E-state index contributed by atoms with van der Waals surface area (Å²) in [7, 11) is 4.06. The molecule has 132 valence electrons. The van der Waals surface area contributed by atoms with Crippen molar-refractivity contribution in [3.8, 4) is 0 Å². The summed E-state index contributed by atoms with van der Waals surface area (Å²) in [5, 5.41) is 6.33. The summed E-state index contributed by atoms with van der Waals surface area (Å²) in [5.41, 5.74) is 3.07. The second-order valence-electron chi connectivity index (χ2n) is 6.66. The largest absolute Gasteiger partial charge is 0.383 e. The molecule has 1 aromatic heterocycles. The highest BCUT2D eigenvalue weighted by atomic mass is 16.1. The third kappa shape index (κ3) is 6.71. The SMILES string of the molecule is CN(C)CCCNC(=O)c1cncc(NCCC2=CCCCC2)c1. The van der Waals surface area contributed by atoms with Gasteiger partial charge in [0.25, 0.3) is 5.91 Å². The van der Waals surface area contributed by atoms with Crippen molar-refractivity contribution in [2.75, 3.05) is 39.0 Å². The van der Waals surface area contributed by atoms with Crippen molar-refractivity contribution in [2.45, 2.75) is 38.5 Å². The molecule has 1 aliphatic rings. The van der Waals surface area contributed by atoms with Crippen molar-refractivity contribution in [2.24, 2.45) is 0 Å². The zero-order valence-corrected chi connectivity index (χ0v) is 15.0. The molecule has 0 spiro atoms. The summed E-state index contributed by atoms with van der Waals surface area (Å²) in [4.78, 5) is 18.5. The average molecular weight is 330 g/mol. The predicted molar refractivity (Wildman–Crippen MR) is 99.4 cm³/mol. The molecule has 0 aliphatic heterocycles. The first-order chi connectivity index (χ1) is 11.6. The van der Waals surface area contributed by atoms with Crippen molar-refractivity contribution < 1.29 is 4.79 Å². The molecule has 2 rings (SSSR count).